The van der Waals surface area contributed by atoms with E-state index in [0.717, 1.165) is 6.20 Å². The number of carbonyl (C=O) groups excluding carboxylic acids is 2. The van der Waals surface area contributed by atoms with Crippen LogP contribution in [0.3, 0.4) is 0 Å². The molecule has 0 atom stereocenters. The molecular formula is C13H12N4O4. The number of urea groups is 1. The maximum Gasteiger partial charge on any atom is 0.325 e. The Hall–Kier alpha value is -3.16. The van der Waals surface area contributed by atoms with Gasteiger partial charge < -0.3 is 15.6 Å². The molecule has 0 aliphatic heterocycles. The molecule has 21 heavy (non-hydrogen) atoms. The van der Waals surface area contributed by atoms with Crippen LogP contribution in [0.15, 0.2) is 40.1 Å². The predicted molar refractivity (Wildman–Crippen MR) is 76.8 cm³/mol. The number of H-pyrrole nitrogens is 2. The van der Waals surface area contributed by atoms with Gasteiger partial charge in [-0.15, -0.1) is 0 Å². The molecule has 2 aromatic rings. The zero-order valence-electron chi connectivity index (χ0n) is 11.0. The first-order chi connectivity index (χ1) is 9.95. The summed E-state index contributed by atoms with van der Waals surface area (Å²) in [7, 11) is 0. The third-order valence-corrected chi connectivity index (χ3v) is 2.59. The molecule has 0 bridgehead atoms. The number of aromatic nitrogens is 2. The monoisotopic (exact) mass is 288 g/mol. The quantitative estimate of drug-likeness (QED) is 0.626. The Labute approximate surface area is 118 Å². The Bertz CT molecular complexity index is 806. The van der Waals surface area contributed by atoms with Gasteiger partial charge in [-0.05, 0) is 19.1 Å². The van der Waals surface area contributed by atoms with Gasteiger partial charge in [-0.3, -0.25) is 14.6 Å². The molecule has 0 radical (unpaired) electrons. The Morgan fingerprint density at radius 3 is 2.57 bits per heavy atom. The molecule has 2 amide bonds. The van der Waals surface area contributed by atoms with Crippen LogP contribution in [0, 0.1) is 0 Å². The SMILES string of the molecule is CC(=O)c1cccc(NC(=O)Nc2c[nH]c(=O)[nH]c2=O)c1. The highest BCUT2D eigenvalue weighted by Gasteiger charge is 2.07. The Morgan fingerprint density at radius 1 is 1.14 bits per heavy atom. The molecule has 8 heteroatoms. The topological polar surface area (TPSA) is 124 Å². The molecule has 108 valence electrons. The Balaban J connectivity index is 2.11. The maximum atomic E-state index is 11.7. The van der Waals surface area contributed by atoms with Gasteiger partial charge in [0, 0.05) is 17.4 Å². The summed E-state index contributed by atoms with van der Waals surface area (Å²) in [4.78, 5) is 49.5. The summed E-state index contributed by atoms with van der Waals surface area (Å²) in [6.45, 7) is 1.42. The molecule has 0 saturated heterocycles. The summed E-state index contributed by atoms with van der Waals surface area (Å²) in [5, 5.41) is 4.77. The van der Waals surface area contributed by atoms with E-state index in [1.54, 1.807) is 18.2 Å². The van der Waals surface area contributed by atoms with Crippen molar-refractivity contribution in [3.05, 3.63) is 56.9 Å². The lowest BCUT2D eigenvalue weighted by molar-refractivity contribution is 0.101. The lowest BCUT2D eigenvalue weighted by atomic mass is 10.1. The van der Waals surface area contributed by atoms with E-state index in [9.17, 15) is 19.2 Å². The van der Waals surface area contributed by atoms with Gasteiger partial charge >= 0.3 is 11.7 Å². The molecule has 1 aromatic heterocycles. The van der Waals surface area contributed by atoms with E-state index in [1.165, 1.54) is 13.0 Å². The number of amides is 2. The average molecular weight is 288 g/mol. The molecule has 0 aliphatic carbocycles. The maximum absolute atomic E-state index is 11.7. The van der Waals surface area contributed by atoms with E-state index in [-0.39, 0.29) is 11.5 Å². The molecule has 0 aliphatic rings. The van der Waals surface area contributed by atoms with E-state index in [2.05, 4.69) is 15.6 Å². The third-order valence-electron chi connectivity index (χ3n) is 2.59. The lowest BCUT2D eigenvalue weighted by Crippen LogP contribution is -2.28. The van der Waals surface area contributed by atoms with Gasteiger partial charge in [0.1, 0.15) is 5.69 Å². The van der Waals surface area contributed by atoms with Crippen LogP contribution in [-0.4, -0.2) is 21.8 Å². The summed E-state index contributed by atoms with van der Waals surface area (Å²) < 4.78 is 0. The number of anilines is 2. The van der Waals surface area contributed by atoms with Crippen molar-refractivity contribution in [2.45, 2.75) is 6.92 Å². The molecule has 0 fully saturated rings. The smallest absolute Gasteiger partial charge is 0.312 e. The van der Waals surface area contributed by atoms with Crippen LogP contribution in [0.1, 0.15) is 17.3 Å². The molecule has 0 saturated carbocycles. The second kappa shape index (κ2) is 5.87. The molecular weight excluding hydrogens is 276 g/mol. The largest absolute Gasteiger partial charge is 0.325 e. The van der Waals surface area contributed by atoms with Crippen LogP contribution in [0.5, 0.6) is 0 Å². The summed E-state index contributed by atoms with van der Waals surface area (Å²) in [6.07, 6.45) is 1.09. The fourth-order valence-corrected chi connectivity index (χ4v) is 1.60. The van der Waals surface area contributed by atoms with Gasteiger partial charge in [-0.1, -0.05) is 12.1 Å². The van der Waals surface area contributed by atoms with Crippen molar-refractivity contribution in [2.24, 2.45) is 0 Å². The minimum absolute atomic E-state index is 0.102. The summed E-state index contributed by atoms with van der Waals surface area (Å²) in [5.41, 5.74) is -0.628. The predicted octanol–water partition coefficient (Wildman–Crippen LogP) is 0.910. The first kappa shape index (κ1) is 14.3. The summed E-state index contributed by atoms with van der Waals surface area (Å²) >= 11 is 0. The van der Waals surface area contributed by atoms with Gasteiger partial charge in [-0.2, -0.15) is 0 Å². The van der Waals surface area contributed by atoms with Crippen molar-refractivity contribution >= 4 is 23.2 Å². The van der Waals surface area contributed by atoms with Crippen molar-refractivity contribution in [1.82, 2.24) is 9.97 Å². The van der Waals surface area contributed by atoms with Crippen LogP contribution in [0.25, 0.3) is 0 Å². The van der Waals surface area contributed by atoms with Crippen LogP contribution in [0.2, 0.25) is 0 Å². The van der Waals surface area contributed by atoms with E-state index in [1.807, 2.05) is 4.98 Å². The third kappa shape index (κ3) is 3.66. The number of hydrogen-bond donors (Lipinski definition) is 4. The number of rotatable bonds is 3. The number of ketones is 1. The van der Waals surface area contributed by atoms with Crippen LogP contribution >= 0.6 is 0 Å². The number of benzene rings is 1. The number of carbonyl (C=O) groups is 2. The molecule has 0 unspecified atom stereocenters. The van der Waals surface area contributed by atoms with Gasteiger partial charge in [0.25, 0.3) is 5.56 Å². The molecule has 0 spiro atoms. The average Bonchev–Trinajstić information content (AvgIpc) is 2.42. The standard InChI is InChI=1S/C13H12N4O4/c1-7(18)8-3-2-4-9(5-8)15-13(21)16-10-6-14-12(20)17-11(10)19/h2-6H,1H3,(H2,15,16,21)(H2,14,17,19,20). The number of hydrogen-bond acceptors (Lipinski definition) is 4. The van der Waals surface area contributed by atoms with Crippen LogP contribution in [0.4, 0.5) is 16.2 Å². The Kier molecular flexibility index (Phi) is 3.98. The van der Waals surface area contributed by atoms with Crippen molar-refractivity contribution in [3.63, 3.8) is 0 Å². The fourth-order valence-electron chi connectivity index (χ4n) is 1.60. The summed E-state index contributed by atoms with van der Waals surface area (Å²) in [5.74, 6) is -0.129. The second-order valence-corrected chi connectivity index (χ2v) is 4.20. The van der Waals surface area contributed by atoms with E-state index < -0.39 is 17.3 Å². The highest BCUT2D eigenvalue weighted by Crippen LogP contribution is 2.11. The molecule has 4 N–H and O–H groups in total. The number of aromatic amines is 2. The first-order valence-electron chi connectivity index (χ1n) is 5.97. The first-order valence-corrected chi connectivity index (χ1v) is 5.97. The van der Waals surface area contributed by atoms with Gasteiger partial charge in [0.05, 0.1) is 0 Å². The van der Waals surface area contributed by atoms with Gasteiger partial charge in [-0.25, -0.2) is 9.59 Å². The highest BCUT2D eigenvalue weighted by molar-refractivity contribution is 6.01. The minimum Gasteiger partial charge on any atom is -0.312 e. The normalized spacial score (nSPS) is 9.95. The van der Waals surface area contributed by atoms with E-state index >= 15 is 0 Å². The zero-order chi connectivity index (χ0) is 15.4. The van der Waals surface area contributed by atoms with E-state index in [4.69, 9.17) is 0 Å². The Morgan fingerprint density at radius 2 is 1.90 bits per heavy atom. The van der Waals surface area contributed by atoms with Crippen molar-refractivity contribution < 1.29 is 9.59 Å². The van der Waals surface area contributed by atoms with Crippen molar-refractivity contribution in [2.75, 3.05) is 10.6 Å². The fraction of sp³-hybridized carbons (Fsp3) is 0.0769. The summed E-state index contributed by atoms with van der Waals surface area (Å²) in [6, 6.07) is 5.69. The highest BCUT2D eigenvalue weighted by atomic mass is 16.2. The van der Waals surface area contributed by atoms with Crippen molar-refractivity contribution in [3.8, 4) is 0 Å². The minimum atomic E-state index is -0.716. The van der Waals surface area contributed by atoms with Crippen LogP contribution < -0.4 is 21.9 Å². The van der Waals surface area contributed by atoms with Crippen molar-refractivity contribution in [1.29, 1.82) is 0 Å². The zero-order valence-corrected chi connectivity index (χ0v) is 11.0. The molecule has 2 rings (SSSR count). The molecule has 1 aromatic carbocycles. The molecule has 1 heterocycles. The molecule has 8 nitrogen and oxygen atoms in total. The lowest BCUT2D eigenvalue weighted by Gasteiger charge is -2.07. The second-order valence-electron chi connectivity index (χ2n) is 4.20. The van der Waals surface area contributed by atoms with E-state index in [0.29, 0.717) is 11.3 Å². The van der Waals surface area contributed by atoms with Crippen LogP contribution in [-0.2, 0) is 0 Å². The van der Waals surface area contributed by atoms with Gasteiger partial charge in [0.15, 0.2) is 5.78 Å². The van der Waals surface area contributed by atoms with Gasteiger partial charge in [0.2, 0.25) is 0 Å². The number of nitrogens with one attached hydrogen (secondary N) is 4. The number of Topliss-reactive ketones (excluding diaryl/α,β-unsaturated/α-hetero) is 1.